The lowest BCUT2D eigenvalue weighted by atomic mass is 9.86. The van der Waals surface area contributed by atoms with Gasteiger partial charge in [0.05, 0.1) is 12.6 Å². The van der Waals surface area contributed by atoms with Gasteiger partial charge in [0.15, 0.2) is 11.5 Å². The largest absolute Gasteiger partial charge is 0.490 e. The summed E-state index contributed by atoms with van der Waals surface area (Å²) >= 11 is 0. The Bertz CT molecular complexity index is 798. The Kier molecular flexibility index (Phi) is 7.00. The minimum atomic E-state index is -2.96. The maximum absolute atomic E-state index is 12.6. The van der Waals surface area contributed by atoms with E-state index in [4.69, 9.17) is 4.74 Å². The SMILES string of the molecule is CCOc1cc(C(=O)NC(C)c2ccc(C(C)(C)C)cc2)ccc1OC(F)F. The molecule has 4 nitrogen and oxygen atoms in total. The van der Waals surface area contributed by atoms with Crippen molar-refractivity contribution in [2.24, 2.45) is 0 Å². The zero-order chi connectivity index (χ0) is 20.9. The molecule has 2 aromatic rings. The molecular formula is C22H27F2NO3. The lowest BCUT2D eigenvalue weighted by molar-refractivity contribution is -0.0514. The number of rotatable bonds is 7. The predicted molar refractivity (Wildman–Crippen MR) is 105 cm³/mol. The van der Waals surface area contributed by atoms with Crippen molar-refractivity contribution in [3.05, 3.63) is 59.2 Å². The molecule has 0 heterocycles. The van der Waals surface area contributed by atoms with Gasteiger partial charge in [-0.1, -0.05) is 45.0 Å². The van der Waals surface area contributed by atoms with Crippen LogP contribution in [0.1, 0.15) is 62.1 Å². The fourth-order valence-electron chi connectivity index (χ4n) is 2.75. The summed E-state index contributed by atoms with van der Waals surface area (Å²) in [6.45, 7) is 7.35. The van der Waals surface area contributed by atoms with E-state index in [2.05, 4.69) is 43.0 Å². The molecule has 1 amide bonds. The van der Waals surface area contributed by atoms with Crippen molar-refractivity contribution < 1.29 is 23.0 Å². The van der Waals surface area contributed by atoms with Crippen LogP contribution in [0.15, 0.2) is 42.5 Å². The molecule has 0 saturated heterocycles. The maximum atomic E-state index is 12.6. The number of alkyl halides is 2. The van der Waals surface area contributed by atoms with Gasteiger partial charge in [-0.05, 0) is 48.6 Å². The number of hydrogen-bond acceptors (Lipinski definition) is 3. The number of halogens is 2. The Morgan fingerprint density at radius 3 is 2.25 bits per heavy atom. The van der Waals surface area contributed by atoms with Gasteiger partial charge in [-0.2, -0.15) is 8.78 Å². The first-order valence-corrected chi connectivity index (χ1v) is 9.24. The molecule has 2 rings (SSSR count). The highest BCUT2D eigenvalue weighted by molar-refractivity contribution is 5.95. The van der Waals surface area contributed by atoms with Gasteiger partial charge < -0.3 is 14.8 Å². The predicted octanol–water partition coefficient (Wildman–Crippen LogP) is 5.48. The zero-order valence-corrected chi connectivity index (χ0v) is 16.9. The second-order valence-electron chi connectivity index (χ2n) is 7.54. The van der Waals surface area contributed by atoms with Crippen molar-refractivity contribution in [3.8, 4) is 11.5 Å². The van der Waals surface area contributed by atoms with Crippen LogP contribution in [0.5, 0.6) is 11.5 Å². The molecule has 0 spiro atoms. The van der Waals surface area contributed by atoms with E-state index in [-0.39, 0.29) is 35.5 Å². The molecule has 28 heavy (non-hydrogen) atoms. The summed E-state index contributed by atoms with van der Waals surface area (Å²) in [5.41, 5.74) is 2.56. The van der Waals surface area contributed by atoms with Crippen LogP contribution in [-0.2, 0) is 5.41 Å². The molecule has 0 bridgehead atoms. The van der Waals surface area contributed by atoms with Crippen LogP contribution < -0.4 is 14.8 Å². The maximum Gasteiger partial charge on any atom is 0.387 e. The normalized spacial score (nSPS) is 12.6. The molecular weight excluding hydrogens is 364 g/mol. The van der Waals surface area contributed by atoms with Gasteiger partial charge >= 0.3 is 6.61 Å². The summed E-state index contributed by atoms with van der Waals surface area (Å²) in [6, 6.07) is 12.1. The Morgan fingerprint density at radius 1 is 1.07 bits per heavy atom. The van der Waals surface area contributed by atoms with E-state index in [0.717, 1.165) is 5.56 Å². The monoisotopic (exact) mass is 391 g/mol. The number of nitrogens with one attached hydrogen (secondary N) is 1. The van der Waals surface area contributed by atoms with Gasteiger partial charge in [-0.25, -0.2) is 0 Å². The minimum Gasteiger partial charge on any atom is -0.490 e. The molecule has 1 unspecified atom stereocenters. The third-order valence-electron chi connectivity index (χ3n) is 4.35. The Balaban J connectivity index is 2.14. The Labute approximate surface area is 164 Å². The molecule has 6 heteroatoms. The van der Waals surface area contributed by atoms with Crippen molar-refractivity contribution in [2.75, 3.05) is 6.61 Å². The average Bonchev–Trinajstić information content (AvgIpc) is 2.62. The number of ether oxygens (including phenoxy) is 2. The van der Waals surface area contributed by atoms with Crippen LogP contribution in [0.25, 0.3) is 0 Å². The smallest absolute Gasteiger partial charge is 0.387 e. The highest BCUT2D eigenvalue weighted by Crippen LogP contribution is 2.30. The van der Waals surface area contributed by atoms with Crippen molar-refractivity contribution >= 4 is 5.91 Å². The van der Waals surface area contributed by atoms with Crippen molar-refractivity contribution in [1.29, 1.82) is 0 Å². The standard InChI is InChI=1S/C22H27F2NO3/c1-6-27-19-13-16(9-12-18(19)28-21(23)24)20(26)25-14(2)15-7-10-17(11-8-15)22(3,4)5/h7-14,21H,6H2,1-5H3,(H,25,26). The Morgan fingerprint density at radius 2 is 1.71 bits per heavy atom. The molecule has 0 aliphatic rings. The molecule has 0 aliphatic heterocycles. The number of carbonyl (C=O) groups excluding carboxylic acids is 1. The van der Waals surface area contributed by atoms with E-state index in [0.29, 0.717) is 5.56 Å². The molecule has 1 N–H and O–H groups in total. The number of carbonyl (C=O) groups is 1. The summed E-state index contributed by atoms with van der Waals surface area (Å²) in [5.74, 6) is -0.311. The van der Waals surface area contributed by atoms with Gasteiger partial charge in [0.25, 0.3) is 5.91 Å². The third-order valence-corrected chi connectivity index (χ3v) is 4.35. The first kappa shape index (κ1) is 21.7. The van der Waals surface area contributed by atoms with Crippen LogP contribution in [0.4, 0.5) is 8.78 Å². The number of amides is 1. The van der Waals surface area contributed by atoms with Crippen LogP contribution >= 0.6 is 0 Å². The van der Waals surface area contributed by atoms with Gasteiger partial charge in [-0.15, -0.1) is 0 Å². The van der Waals surface area contributed by atoms with Crippen molar-refractivity contribution in [3.63, 3.8) is 0 Å². The summed E-state index contributed by atoms with van der Waals surface area (Å²) in [5, 5.41) is 2.92. The quantitative estimate of drug-likeness (QED) is 0.680. The number of hydrogen-bond donors (Lipinski definition) is 1. The topological polar surface area (TPSA) is 47.6 Å². The minimum absolute atomic E-state index is 0.0583. The highest BCUT2D eigenvalue weighted by atomic mass is 19.3. The van der Waals surface area contributed by atoms with Crippen LogP contribution in [0, 0.1) is 0 Å². The highest BCUT2D eigenvalue weighted by Gasteiger charge is 2.18. The second-order valence-corrected chi connectivity index (χ2v) is 7.54. The summed E-state index contributed by atoms with van der Waals surface area (Å²) in [4.78, 5) is 12.6. The van der Waals surface area contributed by atoms with Crippen LogP contribution in [0.2, 0.25) is 0 Å². The number of benzene rings is 2. The summed E-state index contributed by atoms with van der Waals surface area (Å²) in [7, 11) is 0. The summed E-state index contributed by atoms with van der Waals surface area (Å²) < 4.78 is 34.8. The lowest BCUT2D eigenvalue weighted by Crippen LogP contribution is -2.26. The second kappa shape index (κ2) is 9.04. The van der Waals surface area contributed by atoms with Gasteiger partial charge in [0.2, 0.25) is 0 Å². The van der Waals surface area contributed by atoms with Gasteiger partial charge in [-0.3, -0.25) is 4.79 Å². The Hall–Kier alpha value is -2.63. The molecule has 2 aromatic carbocycles. The van der Waals surface area contributed by atoms with E-state index in [1.165, 1.54) is 23.8 Å². The lowest BCUT2D eigenvalue weighted by Gasteiger charge is -2.21. The average molecular weight is 391 g/mol. The van der Waals surface area contributed by atoms with Crippen molar-refractivity contribution in [2.45, 2.75) is 52.7 Å². The summed E-state index contributed by atoms with van der Waals surface area (Å²) in [6.07, 6.45) is 0. The van der Waals surface area contributed by atoms with E-state index >= 15 is 0 Å². The third kappa shape index (κ3) is 5.68. The van der Waals surface area contributed by atoms with E-state index < -0.39 is 6.61 Å². The molecule has 1 atom stereocenters. The molecule has 0 fully saturated rings. The van der Waals surface area contributed by atoms with E-state index in [1.807, 2.05) is 19.1 Å². The van der Waals surface area contributed by atoms with Crippen LogP contribution in [0.3, 0.4) is 0 Å². The molecule has 0 aliphatic carbocycles. The molecule has 152 valence electrons. The van der Waals surface area contributed by atoms with E-state index in [9.17, 15) is 13.6 Å². The molecule has 0 saturated carbocycles. The van der Waals surface area contributed by atoms with Gasteiger partial charge in [0.1, 0.15) is 0 Å². The first-order chi connectivity index (χ1) is 13.1. The zero-order valence-electron chi connectivity index (χ0n) is 16.9. The molecule has 0 aromatic heterocycles. The fourth-order valence-corrected chi connectivity index (χ4v) is 2.75. The fraction of sp³-hybridized carbons (Fsp3) is 0.409. The van der Waals surface area contributed by atoms with Crippen LogP contribution in [-0.4, -0.2) is 19.1 Å². The van der Waals surface area contributed by atoms with Crippen molar-refractivity contribution in [1.82, 2.24) is 5.32 Å². The van der Waals surface area contributed by atoms with E-state index in [1.54, 1.807) is 6.92 Å². The first-order valence-electron chi connectivity index (χ1n) is 9.24. The van der Waals surface area contributed by atoms with Gasteiger partial charge in [0, 0.05) is 5.56 Å². The molecule has 0 radical (unpaired) electrons.